The highest BCUT2D eigenvalue weighted by Crippen LogP contribution is 2.36. The molecule has 0 saturated carbocycles. The van der Waals surface area contributed by atoms with E-state index in [0.717, 1.165) is 11.0 Å². The molecule has 0 radical (unpaired) electrons. The number of benzene rings is 1. The van der Waals surface area contributed by atoms with Crippen molar-refractivity contribution in [2.75, 3.05) is 19.6 Å². The summed E-state index contributed by atoms with van der Waals surface area (Å²) >= 11 is 0. The fourth-order valence-electron chi connectivity index (χ4n) is 3.90. The minimum Gasteiger partial charge on any atom is -0.444 e. The lowest BCUT2D eigenvalue weighted by atomic mass is 9.77. The van der Waals surface area contributed by atoms with Gasteiger partial charge in [0.05, 0.1) is 11.2 Å². The van der Waals surface area contributed by atoms with E-state index in [1.807, 2.05) is 85.4 Å². The Hall–Kier alpha value is -2.06. The van der Waals surface area contributed by atoms with E-state index < -0.39 is 23.9 Å². The van der Waals surface area contributed by atoms with Crippen LogP contribution >= 0.6 is 0 Å². The molecule has 176 valence electrons. The molecule has 1 aromatic carbocycles. The van der Waals surface area contributed by atoms with E-state index in [1.54, 1.807) is 4.90 Å². The molecule has 8 heteroatoms. The molecule has 1 unspecified atom stereocenters. The topological polar surface area (TPSA) is 68.3 Å². The highest BCUT2D eigenvalue weighted by Gasteiger charge is 2.51. The number of hydrogen-bond donors (Lipinski definition) is 0. The van der Waals surface area contributed by atoms with Crippen LogP contribution in [0.4, 0.5) is 4.79 Å². The summed E-state index contributed by atoms with van der Waals surface area (Å²) < 4.78 is 17.8. The average Bonchev–Trinajstić information content (AvgIpc) is 2.87. The van der Waals surface area contributed by atoms with Crippen molar-refractivity contribution in [3.8, 4) is 0 Å². The maximum atomic E-state index is 13.5. The van der Waals surface area contributed by atoms with Crippen LogP contribution in [0.15, 0.2) is 18.2 Å². The van der Waals surface area contributed by atoms with Crippen molar-refractivity contribution in [3.05, 3.63) is 29.3 Å². The maximum Gasteiger partial charge on any atom is 0.494 e. The van der Waals surface area contributed by atoms with E-state index in [1.165, 1.54) is 0 Å². The number of ether oxygens (including phenoxy) is 1. The molecule has 7 nitrogen and oxygen atoms in total. The molecule has 32 heavy (non-hydrogen) atoms. The largest absolute Gasteiger partial charge is 0.494 e. The van der Waals surface area contributed by atoms with Crippen molar-refractivity contribution in [1.29, 1.82) is 0 Å². The lowest BCUT2D eigenvalue weighted by Crippen LogP contribution is -2.56. The first kappa shape index (κ1) is 24.6. The number of carbonyl (C=O) groups excluding carboxylic acids is 2. The molecule has 0 spiro atoms. The molecule has 1 aromatic rings. The highest BCUT2D eigenvalue weighted by molar-refractivity contribution is 6.62. The molecule has 2 heterocycles. The van der Waals surface area contributed by atoms with E-state index in [9.17, 15) is 9.59 Å². The SMILES string of the molecule is Cc1ccc(B2OC(C)(C)C(C)(C)O2)cc1C(=O)N1CCN(C(=O)OC(C)(C)C)CC1C. The summed E-state index contributed by atoms with van der Waals surface area (Å²) in [5.41, 5.74) is 0.932. The molecule has 0 N–H and O–H groups in total. The van der Waals surface area contributed by atoms with Crippen LogP contribution in [0.1, 0.15) is 71.3 Å². The third-order valence-electron chi connectivity index (χ3n) is 6.56. The zero-order valence-corrected chi connectivity index (χ0v) is 20.9. The third kappa shape index (κ3) is 4.96. The van der Waals surface area contributed by atoms with E-state index in [0.29, 0.717) is 25.2 Å². The van der Waals surface area contributed by atoms with Gasteiger partial charge in [-0.25, -0.2) is 4.79 Å². The molecule has 0 bridgehead atoms. The molecule has 0 aromatic heterocycles. The van der Waals surface area contributed by atoms with Gasteiger partial charge >= 0.3 is 13.2 Å². The van der Waals surface area contributed by atoms with E-state index in [2.05, 4.69) is 0 Å². The van der Waals surface area contributed by atoms with Gasteiger partial charge in [0.25, 0.3) is 5.91 Å². The summed E-state index contributed by atoms with van der Waals surface area (Å²) in [5.74, 6) is -0.0443. The predicted molar refractivity (Wildman–Crippen MR) is 125 cm³/mol. The monoisotopic (exact) mass is 444 g/mol. The summed E-state index contributed by atoms with van der Waals surface area (Å²) in [6.45, 7) is 18.8. The van der Waals surface area contributed by atoms with Gasteiger partial charge in [-0.05, 0) is 79.4 Å². The normalized spacial score (nSPS) is 22.8. The number of nitrogens with zero attached hydrogens (tertiary/aromatic N) is 2. The summed E-state index contributed by atoms with van der Waals surface area (Å²) in [7, 11) is -0.520. The lowest BCUT2D eigenvalue weighted by molar-refractivity contribution is 0.00578. The van der Waals surface area contributed by atoms with Gasteiger partial charge in [-0.15, -0.1) is 0 Å². The number of amides is 2. The van der Waals surface area contributed by atoms with Gasteiger partial charge in [-0.2, -0.15) is 0 Å². The van der Waals surface area contributed by atoms with Gasteiger partial charge in [-0.3, -0.25) is 4.79 Å². The Morgan fingerprint density at radius 2 is 1.69 bits per heavy atom. The Morgan fingerprint density at radius 1 is 1.09 bits per heavy atom. The second kappa shape index (κ2) is 8.38. The lowest BCUT2D eigenvalue weighted by Gasteiger charge is -2.40. The number of hydrogen-bond acceptors (Lipinski definition) is 5. The van der Waals surface area contributed by atoms with Crippen LogP contribution < -0.4 is 5.46 Å². The van der Waals surface area contributed by atoms with Crippen LogP contribution in [0.2, 0.25) is 0 Å². The number of piperazine rings is 1. The van der Waals surface area contributed by atoms with Crippen LogP contribution in [0.3, 0.4) is 0 Å². The average molecular weight is 444 g/mol. The Labute approximate surface area is 192 Å². The first-order chi connectivity index (χ1) is 14.6. The fourth-order valence-corrected chi connectivity index (χ4v) is 3.90. The molecule has 1 atom stereocenters. The number of rotatable bonds is 2. The Morgan fingerprint density at radius 3 is 2.22 bits per heavy atom. The van der Waals surface area contributed by atoms with Crippen molar-refractivity contribution < 1.29 is 23.6 Å². The van der Waals surface area contributed by atoms with Crippen LogP contribution in [0.25, 0.3) is 0 Å². The van der Waals surface area contributed by atoms with Gasteiger partial charge in [0.1, 0.15) is 5.60 Å². The van der Waals surface area contributed by atoms with E-state index in [-0.39, 0.29) is 18.0 Å². The van der Waals surface area contributed by atoms with Crippen LogP contribution in [-0.4, -0.2) is 71.4 Å². The molecular formula is C24H37BN2O5. The molecule has 2 aliphatic heterocycles. The van der Waals surface area contributed by atoms with E-state index >= 15 is 0 Å². The van der Waals surface area contributed by atoms with Gasteiger partial charge in [0.15, 0.2) is 0 Å². The van der Waals surface area contributed by atoms with Crippen molar-refractivity contribution in [2.24, 2.45) is 0 Å². The minimum absolute atomic E-state index is 0.0443. The third-order valence-corrected chi connectivity index (χ3v) is 6.56. The summed E-state index contributed by atoms with van der Waals surface area (Å²) in [4.78, 5) is 29.4. The smallest absolute Gasteiger partial charge is 0.444 e. The zero-order valence-electron chi connectivity index (χ0n) is 20.9. The molecular weight excluding hydrogens is 407 g/mol. The van der Waals surface area contributed by atoms with E-state index in [4.69, 9.17) is 14.0 Å². The maximum absolute atomic E-state index is 13.5. The minimum atomic E-state index is -0.543. The summed E-state index contributed by atoms with van der Waals surface area (Å²) in [6.07, 6.45) is -0.338. The summed E-state index contributed by atoms with van der Waals surface area (Å²) in [6, 6.07) is 5.66. The molecule has 0 aliphatic carbocycles. The van der Waals surface area contributed by atoms with Gasteiger partial charge in [0.2, 0.25) is 0 Å². The Balaban J connectivity index is 1.75. The standard InChI is InChI=1S/C24H37BN2O5/c1-16-10-11-18(25-31-23(6,7)24(8,9)32-25)14-19(16)20(28)27-13-12-26(15-17(27)2)21(29)30-22(3,4)5/h10-11,14,17H,12-13,15H2,1-9H3. The molecule has 2 fully saturated rings. The molecule has 2 saturated heterocycles. The van der Waals surface area contributed by atoms with Crippen LogP contribution in [0.5, 0.6) is 0 Å². The Bertz CT molecular complexity index is 877. The van der Waals surface area contributed by atoms with Gasteiger partial charge in [0, 0.05) is 31.2 Å². The van der Waals surface area contributed by atoms with Crippen molar-refractivity contribution in [2.45, 2.75) is 85.2 Å². The first-order valence-corrected chi connectivity index (χ1v) is 11.4. The molecule has 3 rings (SSSR count). The number of aryl methyl sites for hydroxylation is 1. The predicted octanol–water partition coefficient (Wildman–Crippen LogP) is 3.38. The summed E-state index contributed by atoms with van der Waals surface area (Å²) in [5, 5.41) is 0. The van der Waals surface area contributed by atoms with Crippen LogP contribution in [-0.2, 0) is 14.0 Å². The Kier molecular flexibility index (Phi) is 6.44. The quantitative estimate of drug-likeness (QED) is 0.655. The van der Waals surface area contributed by atoms with Crippen molar-refractivity contribution in [1.82, 2.24) is 9.80 Å². The number of carbonyl (C=O) groups is 2. The van der Waals surface area contributed by atoms with Gasteiger partial charge < -0.3 is 23.8 Å². The fraction of sp³-hybridized carbons (Fsp3) is 0.667. The van der Waals surface area contributed by atoms with Gasteiger partial charge in [-0.1, -0.05) is 12.1 Å². The van der Waals surface area contributed by atoms with Crippen molar-refractivity contribution >= 4 is 24.6 Å². The second-order valence-corrected chi connectivity index (χ2v) is 10.9. The zero-order chi connectivity index (χ0) is 24.1. The first-order valence-electron chi connectivity index (χ1n) is 11.4. The molecule has 2 amide bonds. The van der Waals surface area contributed by atoms with Crippen molar-refractivity contribution in [3.63, 3.8) is 0 Å². The molecule has 2 aliphatic rings. The highest BCUT2D eigenvalue weighted by atomic mass is 16.7. The second-order valence-electron chi connectivity index (χ2n) is 10.9. The van der Waals surface area contributed by atoms with Crippen LogP contribution in [0, 0.1) is 6.92 Å².